The van der Waals surface area contributed by atoms with Crippen molar-refractivity contribution in [1.29, 1.82) is 0 Å². The highest BCUT2D eigenvalue weighted by Gasteiger charge is 2.28. The van der Waals surface area contributed by atoms with Crippen LogP contribution >= 0.6 is 0 Å². The zero-order valence-corrected chi connectivity index (χ0v) is 21.6. The molecule has 192 valence electrons. The Hall–Kier alpha value is -2.85. The van der Waals surface area contributed by atoms with E-state index in [0.29, 0.717) is 12.2 Å². The molecule has 0 aliphatic rings. The summed E-state index contributed by atoms with van der Waals surface area (Å²) in [6.07, 6.45) is -2.14. The number of esters is 1. The van der Waals surface area contributed by atoms with E-state index >= 15 is 0 Å². The average molecular weight is 481 g/mol. The number of benzene rings is 1. The van der Waals surface area contributed by atoms with Crippen LogP contribution in [0.3, 0.4) is 0 Å². The van der Waals surface area contributed by atoms with Gasteiger partial charge in [-0.1, -0.05) is 39.8 Å². The van der Waals surface area contributed by atoms with Gasteiger partial charge in [-0.05, 0) is 37.7 Å². The number of nitrogens with two attached hydrogens (primary N) is 1. The predicted octanol–water partition coefficient (Wildman–Crippen LogP) is 2.90. The van der Waals surface area contributed by atoms with Crippen LogP contribution in [0.5, 0.6) is 0 Å². The minimum absolute atomic E-state index is 0.102. The van der Waals surface area contributed by atoms with Crippen molar-refractivity contribution in [2.75, 3.05) is 46.2 Å². The van der Waals surface area contributed by atoms with Crippen LogP contribution in [0.25, 0.3) is 0 Å². The summed E-state index contributed by atoms with van der Waals surface area (Å²) in [4.78, 5) is 41.7. The molecule has 0 heterocycles. The number of carbonyl (C=O) groups excluding carboxylic acids is 3. The van der Waals surface area contributed by atoms with E-state index in [1.54, 1.807) is 52.2 Å². The molecule has 1 aromatic carbocycles. The third-order valence-corrected chi connectivity index (χ3v) is 5.14. The van der Waals surface area contributed by atoms with E-state index in [4.69, 9.17) is 19.9 Å². The number of anilines is 1. The highest BCUT2D eigenvalue weighted by molar-refractivity contribution is 5.87. The lowest BCUT2D eigenvalue weighted by atomic mass is 10.1. The van der Waals surface area contributed by atoms with Gasteiger partial charge in [0.25, 0.3) is 6.29 Å². The van der Waals surface area contributed by atoms with E-state index in [9.17, 15) is 14.4 Å². The van der Waals surface area contributed by atoms with Gasteiger partial charge in [0.05, 0.1) is 0 Å². The maximum Gasteiger partial charge on any atom is 0.417 e. The topological polar surface area (TPSA) is 115 Å². The molecule has 34 heavy (non-hydrogen) atoms. The summed E-state index contributed by atoms with van der Waals surface area (Å²) in [7, 11) is 7.11. The van der Waals surface area contributed by atoms with Gasteiger partial charge >= 0.3 is 18.2 Å². The summed E-state index contributed by atoms with van der Waals surface area (Å²) in [5.74, 6) is -0.973. The lowest BCUT2D eigenvalue weighted by Crippen LogP contribution is -2.42. The smallest absolute Gasteiger partial charge is 0.417 e. The van der Waals surface area contributed by atoms with E-state index in [1.165, 1.54) is 9.80 Å². The number of ether oxygens (including phenoxy) is 3. The normalized spacial score (nSPS) is 12.9. The first-order valence-corrected chi connectivity index (χ1v) is 11.3. The molecule has 0 spiro atoms. The first-order valence-electron chi connectivity index (χ1n) is 11.3. The van der Waals surface area contributed by atoms with Crippen LogP contribution in [0.2, 0.25) is 0 Å². The lowest BCUT2D eigenvalue weighted by molar-refractivity contribution is -0.177. The molecule has 10 nitrogen and oxygen atoms in total. The molecule has 1 aromatic rings. The Morgan fingerprint density at radius 1 is 0.853 bits per heavy atom. The van der Waals surface area contributed by atoms with Crippen molar-refractivity contribution in [1.82, 2.24) is 9.80 Å². The summed E-state index contributed by atoms with van der Waals surface area (Å²) in [6.45, 7) is 8.59. The fourth-order valence-electron chi connectivity index (χ4n) is 2.56. The molecule has 0 radical (unpaired) electrons. The maximum absolute atomic E-state index is 12.6. The van der Waals surface area contributed by atoms with Gasteiger partial charge in [-0.25, -0.2) is 9.59 Å². The predicted molar refractivity (Wildman–Crippen MR) is 130 cm³/mol. The van der Waals surface area contributed by atoms with E-state index < -0.39 is 30.5 Å². The second-order valence-electron chi connectivity index (χ2n) is 9.21. The standard InChI is InChI=1S/C24H40N4O6/c1-16(2)20(25)21(29)33-22(17(3)4)34-24(31)28(8)19-11-9-18(10-12-19)15-32-23(30)27(7)14-13-26(5)6/h9-12,16-17,20,22H,13-15,25H2,1-8H3/t20-,22?/m0/s1. The Kier molecular flexibility index (Phi) is 11.8. The number of rotatable bonds is 11. The molecular weight excluding hydrogens is 440 g/mol. The number of carbonyl (C=O) groups is 3. The zero-order chi connectivity index (χ0) is 26.0. The van der Waals surface area contributed by atoms with Crippen LogP contribution in [0.1, 0.15) is 33.3 Å². The minimum atomic E-state index is -1.06. The van der Waals surface area contributed by atoms with Crippen molar-refractivity contribution in [3.05, 3.63) is 29.8 Å². The molecule has 0 saturated carbocycles. The van der Waals surface area contributed by atoms with E-state index in [0.717, 1.165) is 12.1 Å². The summed E-state index contributed by atoms with van der Waals surface area (Å²) in [5, 5.41) is 0. The van der Waals surface area contributed by atoms with Gasteiger partial charge in [-0.3, -0.25) is 9.69 Å². The molecule has 2 N–H and O–H groups in total. The Morgan fingerprint density at radius 3 is 1.94 bits per heavy atom. The summed E-state index contributed by atoms with van der Waals surface area (Å²) in [5.41, 5.74) is 7.17. The fourth-order valence-corrected chi connectivity index (χ4v) is 2.56. The first-order chi connectivity index (χ1) is 15.8. The lowest BCUT2D eigenvalue weighted by Gasteiger charge is -2.26. The van der Waals surface area contributed by atoms with Gasteiger partial charge in [0, 0.05) is 38.8 Å². The Balaban J connectivity index is 2.66. The number of likely N-dealkylation sites (N-methyl/N-ethyl adjacent to an activating group) is 2. The molecule has 2 atom stereocenters. The van der Waals surface area contributed by atoms with Crippen molar-refractivity contribution in [3.63, 3.8) is 0 Å². The van der Waals surface area contributed by atoms with Crippen molar-refractivity contribution in [2.45, 2.75) is 46.6 Å². The molecule has 2 amide bonds. The monoisotopic (exact) mass is 480 g/mol. The zero-order valence-electron chi connectivity index (χ0n) is 21.6. The second-order valence-corrected chi connectivity index (χ2v) is 9.21. The molecule has 0 fully saturated rings. The van der Waals surface area contributed by atoms with Gasteiger partial charge in [0.1, 0.15) is 12.6 Å². The molecule has 1 rings (SSSR count). The molecule has 0 aliphatic heterocycles. The van der Waals surface area contributed by atoms with Crippen LogP contribution in [-0.2, 0) is 25.6 Å². The van der Waals surface area contributed by atoms with Gasteiger partial charge in [-0.15, -0.1) is 0 Å². The van der Waals surface area contributed by atoms with Gasteiger partial charge < -0.3 is 29.7 Å². The van der Waals surface area contributed by atoms with Crippen molar-refractivity contribution in [2.24, 2.45) is 17.6 Å². The Labute approximate surface area is 202 Å². The fraction of sp³-hybridized carbons (Fsp3) is 0.625. The van der Waals surface area contributed by atoms with Gasteiger partial charge in [-0.2, -0.15) is 0 Å². The van der Waals surface area contributed by atoms with Crippen LogP contribution in [0.15, 0.2) is 24.3 Å². The summed E-state index contributed by atoms with van der Waals surface area (Å²) < 4.78 is 16.1. The van der Waals surface area contributed by atoms with Crippen LogP contribution in [-0.4, -0.2) is 81.6 Å². The summed E-state index contributed by atoms with van der Waals surface area (Å²) in [6, 6.07) is 6.14. The molecular formula is C24H40N4O6. The molecule has 0 aliphatic carbocycles. The van der Waals surface area contributed by atoms with E-state index in [1.807, 2.05) is 32.8 Å². The molecule has 10 heteroatoms. The average Bonchev–Trinajstić information content (AvgIpc) is 2.79. The maximum atomic E-state index is 12.6. The molecule has 0 aromatic heterocycles. The largest absolute Gasteiger partial charge is 0.445 e. The Bertz CT molecular complexity index is 797. The number of hydrogen-bond acceptors (Lipinski definition) is 8. The number of amides is 2. The van der Waals surface area contributed by atoms with E-state index in [-0.39, 0.29) is 18.4 Å². The van der Waals surface area contributed by atoms with Gasteiger partial charge in [0.2, 0.25) is 0 Å². The quantitative estimate of drug-likeness (QED) is 0.380. The number of nitrogens with zero attached hydrogens (tertiary/aromatic N) is 3. The second kappa shape index (κ2) is 13.8. The summed E-state index contributed by atoms with van der Waals surface area (Å²) >= 11 is 0. The third kappa shape index (κ3) is 9.56. The van der Waals surface area contributed by atoms with Crippen LogP contribution in [0, 0.1) is 11.8 Å². The third-order valence-electron chi connectivity index (χ3n) is 5.14. The first kappa shape index (κ1) is 29.2. The SMILES string of the molecule is CC(C)C(OC(=O)[C@@H](N)C(C)C)OC(=O)N(C)c1ccc(COC(=O)N(C)CCN(C)C)cc1. The Morgan fingerprint density at radius 2 is 1.44 bits per heavy atom. The molecule has 1 unspecified atom stereocenters. The van der Waals surface area contributed by atoms with Crippen molar-refractivity contribution in [3.8, 4) is 0 Å². The van der Waals surface area contributed by atoms with Crippen LogP contribution < -0.4 is 10.6 Å². The minimum Gasteiger partial charge on any atom is -0.445 e. The van der Waals surface area contributed by atoms with Crippen LogP contribution in [0.4, 0.5) is 15.3 Å². The van der Waals surface area contributed by atoms with Gasteiger partial charge in [0.15, 0.2) is 0 Å². The highest BCUT2D eigenvalue weighted by Crippen LogP contribution is 2.18. The molecule has 0 saturated heterocycles. The molecule has 0 bridgehead atoms. The van der Waals surface area contributed by atoms with Crippen molar-refractivity contribution >= 4 is 23.8 Å². The number of hydrogen-bond donors (Lipinski definition) is 1. The van der Waals surface area contributed by atoms with Crippen molar-refractivity contribution < 1.29 is 28.6 Å². The highest BCUT2D eigenvalue weighted by atomic mass is 16.7. The van der Waals surface area contributed by atoms with E-state index in [2.05, 4.69) is 0 Å².